The third-order valence-corrected chi connectivity index (χ3v) is 3.58. The first kappa shape index (κ1) is 14.5. The van der Waals surface area contributed by atoms with E-state index in [0.29, 0.717) is 18.8 Å². The molecule has 0 unspecified atom stereocenters. The number of nitrogens with zero attached hydrogens (tertiary/aromatic N) is 1. The molecule has 2 N–H and O–H groups in total. The molecule has 1 heterocycles. The summed E-state index contributed by atoms with van der Waals surface area (Å²) >= 11 is 0. The van der Waals surface area contributed by atoms with Crippen molar-refractivity contribution in [1.29, 1.82) is 0 Å². The summed E-state index contributed by atoms with van der Waals surface area (Å²) in [6, 6.07) is 5.20. The van der Waals surface area contributed by atoms with Gasteiger partial charge in [0.05, 0.1) is 0 Å². The lowest BCUT2D eigenvalue weighted by atomic mass is 9.89. The van der Waals surface area contributed by atoms with Gasteiger partial charge in [0.25, 0.3) is 5.91 Å². The van der Waals surface area contributed by atoms with Crippen molar-refractivity contribution in [2.75, 3.05) is 13.1 Å². The average Bonchev–Trinajstić information content (AvgIpc) is 2.53. The second-order valence-electron chi connectivity index (χ2n) is 5.10. The standard InChI is InChI=1S/C15H21N3O2/c19-14(12-6-2-1-3-7-12)17-10-11-18-15(20)13-8-4-5-9-16-13/h4-5,8-9,12H,1-3,6-7,10-11H2,(H,17,19)(H,18,20). The fraction of sp³-hybridized carbons (Fsp3) is 0.533. The van der Waals surface area contributed by atoms with E-state index < -0.39 is 0 Å². The van der Waals surface area contributed by atoms with Crippen LogP contribution >= 0.6 is 0 Å². The highest BCUT2D eigenvalue weighted by atomic mass is 16.2. The highest BCUT2D eigenvalue weighted by Gasteiger charge is 2.20. The number of carbonyl (C=O) groups is 2. The van der Waals surface area contributed by atoms with E-state index in [2.05, 4.69) is 15.6 Å². The van der Waals surface area contributed by atoms with Crippen molar-refractivity contribution in [1.82, 2.24) is 15.6 Å². The lowest BCUT2D eigenvalue weighted by molar-refractivity contribution is -0.125. The van der Waals surface area contributed by atoms with Gasteiger partial charge in [-0.1, -0.05) is 25.3 Å². The second-order valence-corrected chi connectivity index (χ2v) is 5.10. The normalized spacial score (nSPS) is 15.6. The van der Waals surface area contributed by atoms with Gasteiger partial charge in [-0.25, -0.2) is 0 Å². The quantitative estimate of drug-likeness (QED) is 0.800. The third-order valence-electron chi connectivity index (χ3n) is 3.58. The maximum atomic E-state index is 11.9. The Balaban J connectivity index is 1.64. The number of pyridine rings is 1. The van der Waals surface area contributed by atoms with Crippen LogP contribution in [0.2, 0.25) is 0 Å². The van der Waals surface area contributed by atoms with Crippen molar-refractivity contribution in [3.63, 3.8) is 0 Å². The van der Waals surface area contributed by atoms with Crippen LogP contribution in [0.4, 0.5) is 0 Å². The molecule has 1 aliphatic carbocycles. The molecule has 1 aliphatic rings. The number of nitrogens with one attached hydrogen (secondary N) is 2. The van der Waals surface area contributed by atoms with Crippen molar-refractivity contribution in [3.8, 4) is 0 Å². The number of hydrogen-bond acceptors (Lipinski definition) is 3. The highest BCUT2D eigenvalue weighted by molar-refractivity contribution is 5.92. The highest BCUT2D eigenvalue weighted by Crippen LogP contribution is 2.23. The zero-order valence-electron chi connectivity index (χ0n) is 11.6. The molecule has 0 atom stereocenters. The van der Waals surface area contributed by atoms with Crippen LogP contribution in [0.25, 0.3) is 0 Å². The summed E-state index contributed by atoms with van der Waals surface area (Å²) in [7, 11) is 0. The van der Waals surface area contributed by atoms with Crippen LogP contribution in [0.15, 0.2) is 24.4 Å². The van der Waals surface area contributed by atoms with Gasteiger partial charge in [0.1, 0.15) is 5.69 Å². The number of aromatic nitrogens is 1. The maximum absolute atomic E-state index is 11.9. The van der Waals surface area contributed by atoms with Gasteiger partial charge in [0.15, 0.2) is 0 Å². The summed E-state index contributed by atoms with van der Waals surface area (Å²) in [5.74, 6) is 0.0736. The van der Waals surface area contributed by atoms with E-state index >= 15 is 0 Å². The molecule has 5 nitrogen and oxygen atoms in total. The molecule has 1 aromatic heterocycles. The van der Waals surface area contributed by atoms with E-state index in [9.17, 15) is 9.59 Å². The number of amides is 2. The Labute approximate surface area is 119 Å². The van der Waals surface area contributed by atoms with E-state index in [4.69, 9.17) is 0 Å². The molecule has 2 amide bonds. The van der Waals surface area contributed by atoms with Crippen molar-refractivity contribution in [2.45, 2.75) is 32.1 Å². The van der Waals surface area contributed by atoms with E-state index in [1.165, 1.54) is 6.42 Å². The first-order chi connectivity index (χ1) is 9.77. The van der Waals surface area contributed by atoms with Gasteiger partial charge in [0.2, 0.25) is 5.91 Å². The Bertz CT molecular complexity index is 442. The van der Waals surface area contributed by atoms with Crippen LogP contribution in [0.3, 0.4) is 0 Å². The Morgan fingerprint density at radius 3 is 2.55 bits per heavy atom. The Kier molecular flexibility index (Phi) is 5.53. The molecular formula is C15H21N3O2. The lowest BCUT2D eigenvalue weighted by Gasteiger charge is -2.20. The van der Waals surface area contributed by atoms with E-state index in [1.807, 2.05) is 0 Å². The predicted molar refractivity (Wildman–Crippen MR) is 76.2 cm³/mol. The van der Waals surface area contributed by atoms with E-state index in [1.54, 1.807) is 24.4 Å². The zero-order chi connectivity index (χ0) is 14.2. The van der Waals surface area contributed by atoms with Gasteiger partial charge in [-0.05, 0) is 25.0 Å². The Morgan fingerprint density at radius 2 is 1.85 bits per heavy atom. The third kappa shape index (κ3) is 4.33. The number of hydrogen-bond donors (Lipinski definition) is 2. The minimum absolute atomic E-state index is 0.122. The molecule has 108 valence electrons. The fourth-order valence-electron chi connectivity index (χ4n) is 2.46. The van der Waals surface area contributed by atoms with Crippen LogP contribution in [0.5, 0.6) is 0 Å². The van der Waals surface area contributed by atoms with Crippen molar-refractivity contribution < 1.29 is 9.59 Å². The van der Waals surface area contributed by atoms with Crippen molar-refractivity contribution in [2.24, 2.45) is 5.92 Å². The summed E-state index contributed by atoms with van der Waals surface area (Å²) in [6.45, 7) is 0.891. The first-order valence-electron chi connectivity index (χ1n) is 7.24. The van der Waals surface area contributed by atoms with E-state index in [0.717, 1.165) is 25.7 Å². The number of rotatable bonds is 5. The molecular weight excluding hydrogens is 254 g/mol. The van der Waals surface area contributed by atoms with Crippen molar-refractivity contribution >= 4 is 11.8 Å². The topological polar surface area (TPSA) is 71.1 Å². The van der Waals surface area contributed by atoms with Crippen LogP contribution in [0, 0.1) is 5.92 Å². The summed E-state index contributed by atoms with van der Waals surface area (Å²) in [6.07, 6.45) is 7.10. The maximum Gasteiger partial charge on any atom is 0.269 e. The molecule has 2 rings (SSSR count). The molecule has 0 aliphatic heterocycles. The van der Waals surface area contributed by atoms with Crippen LogP contribution < -0.4 is 10.6 Å². The minimum atomic E-state index is -0.211. The molecule has 0 aromatic carbocycles. The Hall–Kier alpha value is -1.91. The average molecular weight is 275 g/mol. The zero-order valence-corrected chi connectivity index (χ0v) is 11.6. The largest absolute Gasteiger partial charge is 0.354 e. The predicted octanol–water partition coefficient (Wildman–Crippen LogP) is 1.51. The first-order valence-corrected chi connectivity index (χ1v) is 7.24. The van der Waals surface area contributed by atoms with Crippen LogP contribution in [-0.4, -0.2) is 29.9 Å². The van der Waals surface area contributed by atoms with Gasteiger partial charge >= 0.3 is 0 Å². The fourth-order valence-corrected chi connectivity index (χ4v) is 2.46. The van der Waals surface area contributed by atoms with Crippen LogP contribution in [-0.2, 0) is 4.79 Å². The minimum Gasteiger partial charge on any atom is -0.354 e. The van der Waals surface area contributed by atoms with E-state index in [-0.39, 0.29) is 17.7 Å². The van der Waals surface area contributed by atoms with Gasteiger partial charge in [-0.15, -0.1) is 0 Å². The summed E-state index contributed by atoms with van der Waals surface area (Å²) < 4.78 is 0. The SMILES string of the molecule is O=C(NCCNC(=O)C1CCCCC1)c1ccccn1. The van der Waals surface area contributed by atoms with Gasteiger partial charge in [-0.2, -0.15) is 0 Å². The molecule has 1 aromatic rings. The van der Waals surface area contributed by atoms with Gasteiger partial charge < -0.3 is 10.6 Å². The van der Waals surface area contributed by atoms with Crippen molar-refractivity contribution in [3.05, 3.63) is 30.1 Å². The molecule has 1 fully saturated rings. The molecule has 0 radical (unpaired) electrons. The van der Waals surface area contributed by atoms with Gasteiger partial charge in [0, 0.05) is 25.2 Å². The molecule has 0 spiro atoms. The monoisotopic (exact) mass is 275 g/mol. The molecule has 20 heavy (non-hydrogen) atoms. The van der Waals surface area contributed by atoms with Gasteiger partial charge in [-0.3, -0.25) is 14.6 Å². The smallest absolute Gasteiger partial charge is 0.269 e. The summed E-state index contributed by atoms with van der Waals surface area (Å²) in [5, 5.41) is 5.63. The molecule has 0 bridgehead atoms. The molecule has 1 saturated carbocycles. The lowest BCUT2D eigenvalue weighted by Crippen LogP contribution is -2.38. The summed E-state index contributed by atoms with van der Waals surface area (Å²) in [5.41, 5.74) is 0.395. The summed E-state index contributed by atoms with van der Waals surface area (Å²) in [4.78, 5) is 27.5. The molecule has 0 saturated heterocycles. The Morgan fingerprint density at radius 1 is 1.10 bits per heavy atom. The number of carbonyl (C=O) groups excluding carboxylic acids is 2. The van der Waals surface area contributed by atoms with Crippen LogP contribution in [0.1, 0.15) is 42.6 Å². The second kappa shape index (κ2) is 7.62. The molecule has 5 heteroatoms.